The highest BCUT2D eigenvalue weighted by molar-refractivity contribution is 5.78. The quantitative estimate of drug-likeness (QED) is 0.634. The van der Waals surface area contributed by atoms with Crippen LogP contribution in [0.15, 0.2) is 60.9 Å². The number of amides is 1. The normalized spacial score (nSPS) is 16.3. The van der Waals surface area contributed by atoms with Gasteiger partial charge >= 0.3 is 0 Å². The first-order valence-corrected chi connectivity index (χ1v) is 9.83. The number of halogens is 2. The lowest BCUT2D eigenvalue weighted by Gasteiger charge is -2.33. The predicted octanol–water partition coefficient (Wildman–Crippen LogP) is 4.21. The van der Waals surface area contributed by atoms with Gasteiger partial charge in [-0.2, -0.15) is 0 Å². The van der Waals surface area contributed by atoms with Crippen LogP contribution in [0.5, 0.6) is 5.75 Å². The van der Waals surface area contributed by atoms with Gasteiger partial charge in [-0.15, -0.1) is 0 Å². The Balaban J connectivity index is 1.46. The zero-order chi connectivity index (χ0) is 20.9. The fourth-order valence-corrected chi connectivity index (χ4v) is 3.67. The van der Waals surface area contributed by atoms with Gasteiger partial charge < -0.3 is 9.64 Å². The summed E-state index contributed by atoms with van der Waals surface area (Å²) in [6.45, 7) is 1.05. The lowest BCUT2D eigenvalue weighted by atomic mass is 9.91. The van der Waals surface area contributed by atoms with E-state index in [1.165, 1.54) is 36.4 Å². The van der Waals surface area contributed by atoms with Gasteiger partial charge in [-0.1, -0.05) is 0 Å². The highest BCUT2D eigenvalue weighted by Gasteiger charge is 2.28. The molecule has 1 fully saturated rings. The van der Waals surface area contributed by atoms with Crippen molar-refractivity contribution < 1.29 is 18.3 Å². The number of carbonyl (C=O) groups is 1. The van der Waals surface area contributed by atoms with E-state index in [0.29, 0.717) is 24.5 Å². The number of nitrogens with zero attached hydrogens (tertiary/aromatic N) is 3. The van der Waals surface area contributed by atoms with Crippen molar-refractivity contribution in [1.82, 2.24) is 14.9 Å². The van der Waals surface area contributed by atoms with Crippen LogP contribution >= 0.6 is 0 Å². The molecule has 0 radical (unpaired) electrons. The molecule has 4 rings (SSSR count). The van der Waals surface area contributed by atoms with Crippen LogP contribution in [-0.4, -0.2) is 40.5 Å². The maximum absolute atomic E-state index is 13.3. The minimum atomic E-state index is -0.353. The molecule has 3 aromatic rings. The van der Waals surface area contributed by atoms with E-state index in [9.17, 15) is 13.6 Å². The fraction of sp³-hybridized carbons (Fsp3) is 0.261. The van der Waals surface area contributed by atoms with Crippen molar-refractivity contribution in [1.29, 1.82) is 0 Å². The first kappa shape index (κ1) is 19.9. The number of hydrogen-bond acceptors (Lipinski definition) is 4. The van der Waals surface area contributed by atoms with Gasteiger partial charge in [0.1, 0.15) is 17.4 Å². The topological polar surface area (TPSA) is 55.3 Å². The zero-order valence-corrected chi connectivity index (χ0v) is 16.3. The molecule has 2 heterocycles. The molecule has 154 valence electrons. The van der Waals surface area contributed by atoms with Crippen molar-refractivity contribution in [3.8, 4) is 17.0 Å². The minimum absolute atomic E-state index is 0.0299. The molecule has 1 atom stereocenters. The molecule has 1 aliphatic heterocycles. The molecule has 30 heavy (non-hydrogen) atoms. The largest absolute Gasteiger partial charge is 0.484 e. The average Bonchev–Trinajstić information content (AvgIpc) is 2.79. The maximum Gasteiger partial charge on any atom is 0.260 e. The zero-order valence-electron chi connectivity index (χ0n) is 16.3. The van der Waals surface area contributed by atoms with Crippen molar-refractivity contribution in [3.63, 3.8) is 0 Å². The second-order valence-electron chi connectivity index (χ2n) is 7.22. The molecular weight excluding hydrogens is 388 g/mol. The van der Waals surface area contributed by atoms with Gasteiger partial charge in [-0.25, -0.2) is 8.78 Å². The van der Waals surface area contributed by atoms with E-state index in [1.807, 2.05) is 0 Å². The van der Waals surface area contributed by atoms with E-state index < -0.39 is 0 Å². The van der Waals surface area contributed by atoms with Crippen molar-refractivity contribution >= 4 is 5.91 Å². The second-order valence-corrected chi connectivity index (χ2v) is 7.22. The number of carbonyl (C=O) groups excluding carboxylic acids is 1. The van der Waals surface area contributed by atoms with Crippen LogP contribution in [0, 0.1) is 11.6 Å². The molecule has 0 spiro atoms. The van der Waals surface area contributed by atoms with E-state index in [1.54, 1.807) is 29.4 Å². The van der Waals surface area contributed by atoms with Crippen molar-refractivity contribution in [2.75, 3.05) is 19.7 Å². The molecule has 1 aromatic heterocycles. The van der Waals surface area contributed by atoms with Crippen molar-refractivity contribution in [2.45, 2.75) is 18.8 Å². The van der Waals surface area contributed by atoms with E-state index in [2.05, 4.69) is 9.97 Å². The number of piperidine rings is 1. The molecule has 2 aromatic carbocycles. The summed E-state index contributed by atoms with van der Waals surface area (Å²) in [6, 6.07) is 11.8. The number of rotatable bonds is 5. The highest BCUT2D eigenvalue weighted by Crippen LogP contribution is 2.32. The van der Waals surface area contributed by atoms with E-state index in [4.69, 9.17) is 4.74 Å². The Bertz CT molecular complexity index is 1010. The summed E-state index contributed by atoms with van der Waals surface area (Å²) in [5.74, 6) is -0.308. The van der Waals surface area contributed by atoms with E-state index in [0.717, 1.165) is 24.1 Å². The van der Waals surface area contributed by atoms with Crippen LogP contribution in [0.25, 0.3) is 11.3 Å². The summed E-state index contributed by atoms with van der Waals surface area (Å²) in [7, 11) is 0. The molecule has 1 unspecified atom stereocenters. The molecule has 5 nitrogen and oxygen atoms in total. The average molecular weight is 409 g/mol. The third-order valence-electron chi connectivity index (χ3n) is 5.18. The number of likely N-dealkylation sites (tertiary alicyclic amines) is 1. The molecule has 1 aliphatic rings. The third kappa shape index (κ3) is 4.62. The van der Waals surface area contributed by atoms with Gasteiger partial charge in [0.05, 0.1) is 11.4 Å². The number of aromatic nitrogens is 2. The Morgan fingerprint density at radius 3 is 2.40 bits per heavy atom. The molecule has 1 saturated heterocycles. The van der Waals surface area contributed by atoms with Crippen molar-refractivity contribution in [2.24, 2.45) is 0 Å². The molecule has 0 bridgehead atoms. The van der Waals surface area contributed by atoms with Crippen LogP contribution in [0.2, 0.25) is 0 Å². The Morgan fingerprint density at radius 2 is 1.67 bits per heavy atom. The van der Waals surface area contributed by atoms with Gasteiger partial charge in [0.25, 0.3) is 5.91 Å². The molecular formula is C23H21F2N3O2. The summed E-state index contributed by atoms with van der Waals surface area (Å²) >= 11 is 0. The Hall–Kier alpha value is -3.35. The highest BCUT2D eigenvalue weighted by atomic mass is 19.1. The number of hydrogen-bond donors (Lipinski definition) is 0. The summed E-state index contributed by atoms with van der Waals surface area (Å²) in [5.41, 5.74) is 2.31. The standard InChI is InChI=1S/C23H21F2N3O2/c24-18-5-3-16(4-6-18)22-23(27-12-11-26-22)17-2-1-13-28(14-17)21(29)15-30-20-9-7-19(25)8-10-20/h3-12,17H,1-2,13-15H2. The van der Waals surface area contributed by atoms with Crippen LogP contribution < -0.4 is 4.74 Å². The first-order valence-electron chi connectivity index (χ1n) is 9.83. The smallest absolute Gasteiger partial charge is 0.260 e. The van der Waals surface area contributed by atoms with Crippen LogP contribution in [0.1, 0.15) is 24.5 Å². The lowest BCUT2D eigenvalue weighted by Crippen LogP contribution is -2.41. The Kier molecular flexibility index (Phi) is 5.97. The summed E-state index contributed by atoms with van der Waals surface area (Å²) in [6.07, 6.45) is 4.98. The van der Waals surface area contributed by atoms with Crippen LogP contribution in [-0.2, 0) is 4.79 Å². The van der Waals surface area contributed by atoms with E-state index in [-0.39, 0.29) is 30.1 Å². The maximum atomic E-state index is 13.3. The molecule has 1 amide bonds. The van der Waals surface area contributed by atoms with Gasteiger partial charge in [-0.3, -0.25) is 14.8 Å². The summed E-state index contributed by atoms with van der Waals surface area (Å²) < 4.78 is 31.8. The van der Waals surface area contributed by atoms with Crippen LogP contribution in [0.4, 0.5) is 8.78 Å². The molecule has 0 saturated carbocycles. The number of ether oxygens (including phenoxy) is 1. The van der Waals surface area contributed by atoms with Crippen molar-refractivity contribution in [3.05, 3.63) is 78.3 Å². The van der Waals surface area contributed by atoms with Gasteiger partial charge in [0, 0.05) is 37.0 Å². The summed E-state index contributed by atoms with van der Waals surface area (Å²) in [5, 5.41) is 0. The Labute approximate surface area is 173 Å². The third-order valence-corrected chi connectivity index (χ3v) is 5.18. The van der Waals surface area contributed by atoms with Crippen LogP contribution in [0.3, 0.4) is 0 Å². The minimum Gasteiger partial charge on any atom is -0.484 e. The van der Waals surface area contributed by atoms with Gasteiger partial charge in [0.15, 0.2) is 6.61 Å². The van der Waals surface area contributed by atoms with Gasteiger partial charge in [-0.05, 0) is 61.4 Å². The van der Waals surface area contributed by atoms with Gasteiger partial charge in [0.2, 0.25) is 0 Å². The number of benzene rings is 2. The predicted molar refractivity (Wildman–Crippen MR) is 108 cm³/mol. The van der Waals surface area contributed by atoms with E-state index >= 15 is 0 Å². The lowest BCUT2D eigenvalue weighted by molar-refractivity contribution is -0.134. The first-order chi connectivity index (χ1) is 14.6. The molecule has 0 aliphatic carbocycles. The Morgan fingerprint density at radius 1 is 1.00 bits per heavy atom. The molecule has 0 N–H and O–H groups in total. The second kappa shape index (κ2) is 8.98. The fourth-order valence-electron chi connectivity index (χ4n) is 3.67. The molecule has 7 heteroatoms. The summed E-state index contributed by atoms with van der Waals surface area (Å²) in [4.78, 5) is 23.4. The SMILES string of the molecule is O=C(COc1ccc(F)cc1)N1CCCC(c2nccnc2-c2ccc(F)cc2)C1. The monoisotopic (exact) mass is 409 g/mol.